The predicted molar refractivity (Wildman–Crippen MR) is 124 cm³/mol. The van der Waals surface area contributed by atoms with Gasteiger partial charge in [0.15, 0.2) is 6.61 Å². The highest BCUT2D eigenvalue weighted by Gasteiger charge is 2.29. The number of hydrogen-bond donors (Lipinski definition) is 1. The summed E-state index contributed by atoms with van der Waals surface area (Å²) in [7, 11) is 0. The van der Waals surface area contributed by atoms with E-state index < -0.39 is 6.04 Å². The van der Waals surface area contributed by atoms with Crippen molar-refractivity contribution >= 4 is 39.3 Å². The van der Waals surface area contributed by atoms with Gasteiger partial charge < -0.3 is 15.0 Å². The number of carbonyl (C=O) groups is 2. The Hall–Kier alpha value is -2.05. The number of carbonyl (C=O) groups excluding carboxylic acids is 2. The van der Waals surface area contributed by atoms with Crippen LogP contribution in [0, 0.1) is 6.92 Å². The van der Waals surface area contributed by atoms with Gasteiger partial charge in [-0.3, -0.25) is 9.59 Å². The Morgan fingerprint density at radius 3 is 2.50 bits per heavy atom. The molecule has 7 heteroatoms. The van der Waals surface area contributed by atoms with E-state index in [0.29, 0.717) is 17.2 Å². The molecule has 0 spiro atoms. The molecule has 5 nitrogen and oxygen atoms in total. The van der Waals surface area contributed by atoms with Gasteiger partial charge in [0.1, 0.15) is 11.8 Å². The summed E-state index contributed by atoms with van der Waals surface area (Å²) in [5, 5.41) is 3.46. The minimum atomic E-state index is -0.619. The quantitative estimate of drug-likeness (QED) is 0.525. The first-order valence-corrected chi connectivity index (χ1v) is 11.1. The van der Waals surface area contributed by atoms with Crippen LogP contribution in [0.4, 0.5) is 0 Å². The topological polar surface area (TPSA) is 58.6 Å². The summed E-state index contributed by atoms with van der Waals surface area (Å²) < 4.78 is 6.70. The third kappa shape index (κ3) is 6.74. The number of aryl methyl sites for hydroxylation is 1. The summed E-state index contributed by atoms with van der Waals surface area (Å²) in [4.78, 5) is 27.5. The minimum absolute atomic E-state index is 0.0224. The van der Waals surface area contributed by atoms with E-state index in [0.717, 1.165) is 15.6 Å². The van der Waals surface area contributed by atoms with Gasteiger partial charge in [-0.2, -0.15) is 0 Å². The Balaban J connectivity index is 2.23. The molecule has 1 atom stereocenters. The number of nitrogens with one attached hydrogen (secondary N) is 1. The van der Waals surface area contributed by atoms with Crippen LogP contribution in [0.15, 0.2) is 46.9 Å². The highest BCUT2D eigenvalue weighted by atomic mass is 79.9. The van der Waals surface area contributed by atoms with Crippen LogP contribution in [0.2, 0.25) is 5.02 Å². The van der Waals surface area contributed by atoms with E-state index in [1.165, 1.54) is 0 Å². The molecule has 2 aromatic carbocycles. The van der Waals surface area contributed by atoms with Gasteiger partial charge in [-0.1, -0.05) is 52.7 Å². The molecule has 0 aromatic heterocycles. The van der Waals surface area contributed by atoms with Crippen molar-refractivity contribution in [2.24, 2.45) is 0 Å². The first-order valence-electron chi connectivity index (χ1n) is 9.95. The Morgan fingerprint density at radius 2 is 1.90 bits per heavy atom. The molecule has 0 aliphatic carbocycles. The van der Waals surface area contributed by atoms with Crippen LogP contribution in [0.25, 0.3) is 0 Å². The molecule has 0 aliphatic rings. The molecule has 0 heterocycles. The van der Waals surface area contributed by atoms with E-state index in [1.807, 2.05) is 58.0 Å². The van der Waals surface area contributed by atoms with Crippen molar-refractivity contribution in [3.63, 3.8) is 0 Å². The van der Waals surface area contributed by atoms with Gasteiger partial charge in [-0.25, -0.2) is 0 Å². The molecule has 0 saturated heterocycles. The van der Waals surface area contributed by atoms with Crippen molar-refractivity contribution < 1.29 is 14.3 Å². The maximum Gasteiger partial charge on any atom is 0.261 e. The molecule has 0 fully saturated rings. The molecule has 0 aliphatic heterocycles. The van der Waals surface area contributed by atoms with Gasteiger partial charge >= 0.3 is 0 Å². The molecule has 0 saturated carbocycles. The molecule has 2 amide bonds. The van der Waals surface area contributed by atoms with Gasteiger partial charge in [0.2, 0.25) is 5.91 Å². The van der Waals surface area contributed by atoms with Gasteiger partial charge in [-0.15, -0.1) is 0 Å². The maximum absolute atomic E-state index is 13.1. The van der Waals surface area contributed by atoms with Crippen LogP contribution in [0.3, 0.4) is 0 Å². The van der Waals surface area contributed by atoms with E-state index in [2.05, 4.69) is 21.2 Å². The smallest absolute Gasteiger partial charge is 0.261 e. The Morgan fingerprint density at radius 1 is 1.20 bits per heavy atom. The molecule has 162 valence electrons. The highest BCUT2D eigenvalue weighted by molar-refractivity contribution is 9.10. The molecule has 30 heavy (non-hydrogen) atoms. The number of ether oxygens (including phenoxy) is 1. The van der Waals surface area contributed by atoms with Crippen molar-refractivity contribution in [2.45, 2.75) is 52.7 Å². The standard InChI is InChI=1S/C23H28BrClN2O3/c1-5-21(23(29)26-15(2)3)27(13-17-8-6-7-9-20(17)25)22(28)14-30-18-10-11-19(24)16(4)12-18/h6-12,15,21H,5,13-14H2,1-4H3,(H,26,29). The molecule has 2 aromatic rings. The summed E-state index contributed by atoms with van der Waals surface area (Å²) >= 11 is 9.77. The molecular formula is C23H28BrClN2O3. The van der Waals surface area contributed by atoms with Gasteiger partial charge in [0.25, 0.3) is 5.91 Å². The lowest BCUT2D eigenvalue weighted by atomic mass is 10.1. The SMILES string of the molecule is CCC(C(=O)NC(C)C)N(Cc1ccccc1Cl)C(=O)COc1ccc(Br)c(C)c1. The van der Waals surface area contributed by atoms with E-state index in [4.69, 9.17) is 16.3 Å². The lowest BCUT2D eigenvalue weighted by Gasteiger charge is -2.31. The molecule has 1 unspecified atom stereocenters. The molecular weight excluding hydrogens is 468 g/mol. The van der Waals surface area contributed by atoms with Crippen LogP contribution < -0.4 is 10.1 Å². The second-order valence-electron chi connectivity index (χ2n) is 7.40. The lowest BCUT2D eigenvalue weighted by Crippen LogP contribution is -2.51. The summed E-state index contributed by atoms with van der Waals surface area (Å²) in [5.41, 5.74) is 1.79. The van der Waals surface area contributed by atoms with Crippen LogP contribution in [-0.4, -0.2) is 35.4 Å². The summed E-state index contributed by atoms with van der Waals surface area (Å²) in [6, 6.07) is 12.2. The Kier molecular flexibility index (Phi) is 9.18. The van der Waals surface area contributed by atoms with E-state index >= 15 is 0 Å². The number of amides is 2. The number of halogens is 2. The Labute approximate surface area is 191 Å². The molecule has 2 rings (SSSR count). The zero-order valence-corrected chi connectivity index (χ0v) is 20.1. The summed E-state index contributed by atoms with van der Waals surface area (Å²) in [5.74, 6) is 0.134. The second-order valence-corrected chi connectivity index (χ2v) is 8.66. The first-order chi connectivity index (χ1) is 14.2. The largest absolute Gasteiger partial charge is 0.484 e. The second kappa shape index (κ2) is 11.4. The van der Waals surface area contributed by atoms with Crippen molar-refractivity contribution in [2.75, 3.05) is 6.61 Å². The maximum atomic E-state index is 13.1. The Bertz CT molecular complexity index is 889. The van der Waals surface area contributed by atoms with Crippen molar-refractivity contribution in [1.82, 2.24) is 10.2 Å². The van der Waals surface area contributed by atoms with E-state index in [1.54, 1.807) is 17.0 Å². The lowest BCUT2D eigenvalue weighted by molar-refractivity contribution is -0.143. The van der Waals surface area contributed by atoms with Gasteiger partial charge in [0, 0.05) is 22.1 Å². The number of rotatable bonds is 9. The fourth-order valence-electron chi connectivity index (χ4n) is 3.05. The van der Waals surface area contributed by atoms with Crippen LogP contribution in [0.5, 0.6) is 5.75 Å². The highest BCUT2D eigenvalue weighted by Crippen LogP contribution is 2.23. The molecule has 0 bridgehead atoms. The third-order valence-corrected chi connectivity index (χ3v) is 5.87. The average molecular weight is 496 g/mol. The number of benzene rings is 2. The molecule has 1 N–H and O–H groups in total. The van der Waals surface area contributed by atoms with Gasteiger partial charge in [0.05, 0.1) is 0 Å². The monoisotopic (exact) mass is 494 g/mol. The minimum Gasteiger partial charge on any atom is -0.484 e. The van der Waals surface area contributed by atoms with Crippen LogP contribution in [0.1, 0.15) is 38.3 Å². The third-order valence-electron chi connectivity index (χ3n) is 4.61. The summed E-state index contributed by atoms with van der Waals surface area (Å²) in [6.45, 7) is 7.68. The zero-order chi connectivity index (χ0) is 22.3. The fourth-order valence-corrected chi connectivity index (χ4v) is 3.49. The zero-order valence-electron chi connectivity index (χ0n) is 17.7. The number of hydrogen-bond acceptors (Lipinski definition) is 3. The average Bonchev–Trinajstić information content (AvgIpc) is 2.69. The van der Waals surface area contributed by atoms with E-state index in [9.17, 15) is 9.59 Å². The summed E-state index contributed by atoms with van der Waals surface area (Å²) in [6.07, 6.45) is 0.478. The number of nitrogens with zero attached hydrogens (tertiary/aromatic N) is 1. The fraction of sp³-hybridized carbons (Fsp3) is 0.391. The van der Waals surface area contributed by atoms with Crippen LogP contribution in [-0.2, 0) is 16.1 Å². The van der Waals surface area contributed by atoms with Crippen LogP contribution >= 0.6 is 27.5 Å². The van der Waals surface area contributed by atoms with Crippen molar-refractivity contribution in [3.8, 4) is 5.75 Å². The van der Waals surface area contributed by atoms with Crippen molar-refractivity contribution in [1.29, 1.82) is 0 Å². The molecule has 0 radical (unpaired) electrons. The first kappa shape index (κ1) is 24.2. The predicted octanol–water partition coefficient (Wildman–Crippen LogP) is 5.12. The van der Waals surface area contributed by atoms with Gasteiger partial charge in [-0.05, 0) is 62.6 Å². The van der Waals surface area contributed by atoms with Crippen molar-refractivity contribution in [3.05, 3.63) is 63.1 Å². The van der Waals surface area contributed by atoms with E-state index in [-0.39, 0.29) is 31.0 Å². The normalized spacial score (nSPS) is 11.8.